The van der Waals surface area contributed by atoms with Gasteiger partial charge in [-0.25, -0.2) is 0 Å². The third-order valence-electron chi connectivity index (χ3n) is 4.48. The van der Waals surface area contributed by atoms with E-state index < -0.39 is 0 Å². The molecule has 148 valence electrons. The van der Waals surface area contributed by atoms with E-state index >= 15 is 0 Å². The number of amides is 2. The number of hydrogen-bond acceptors (Lipinski definition) is 5. The molecule has 0 radical (unpaired) electrons. The number of carbonyl (C=O) groups is 2. The molecule has 1 aliphatic rings. The maximum atomic E-state index is 12.5. The summed E-state index contributed by atoms with van der Waals surface area (Å²) < 4.78 is 10.5. The Bertz CT molecular complexity index is 875. The van der Waals surface area contributed by atoms with Crippen LogP contribution in [0.25, 0.3) is 6.08 Å². The smallest absolute Gasteiger partial charge is 0.264 e. The number of rotatable bonds is 5. The lowest BCUT2D eigenvalue weighted by Crippen LogP contribution is -2.50. The van der Waals surface area contributed by atoms with Gasteiger partial charge in [0.1, 0.15) is 0 Å². The van der Waals surface area contributed by atoms with Crippen molar-refractivity contribution in [2.75, 3.05) is 40.4 Å². The number of hydrogen-bond donors (Lipinski definition) is 0. The van der Waals surface area contributed by atoms with Crippen LogP contribution in [0.1, 0.15) is 15.2 Å². The van der Waals surface area contributed by atoms with Crippen LogP contribution in [0.5, 0.6) is 11.5 Å². The van der Waals surface area contributed by atoms with E-state index in [0.717, 1.165) is 10.4 Å². The third-order valence-corrected chi connectivity index (χ3v) is 5.62. The minimum Gasteiger partial charge on any atom is -0.493 e. The number of methoxy groups -OCH3 is 2. The zero-order valence-electron chi connectivity index (χ0n) is 15.7. The van der Waals surface area contributed by atoms with E-state index in [1.165, 1.54) is 31.6 Å². The highest BCUT2D eigenvalue weighted by Gasteiger charge is 2.24. The van der Waals surface area contributed by atoms with E-state index in [-0.39, 0.29) is 11.8 Å². The Hall–Kier alpha value is -2.51. The standard InChI is InChI=1S/C20H21ClN2O4S/c1-26-16-13-14(12-15(21)19(16)27-2)5-6-18(24)22-7-9-23(10-8-22)20(25)17-4-3-11-28-17/h3-6,11-13H,7-10H2,1-2H3/b6-5+. The van der Waals surface area contributed by atoms with Crippen LogP contribution in [0.2, 0.25) is 5.02 Å². The lowest BCUT2D eigenvalue weighted by atomic mass is 10.1. The molecule has 0 bridgehead atoms. The molecule has 1 fully saturated rings. The number of piperazine rings is 1. The van der Waals surface area contributed by atoms with Crippen molar-refractivity contribution in [3.8, 4) is 11.5 Å². The van der Waals surface area contributed by atoms with Crippen molar-refractivity contribution in [3.05, 3.63) is 51.2 Å². The van der Waals surface area contributed by atoms with Crippen LogP contribution in [0.3, 0.4) is 0 Å². The molecule has 8 heteroatoms. The van der Waals surface area contributed by atoms with Crippen molar-refractivity contribution in [2.45, 2.75) is 0 Å². The second-order valence-corrected chi connectivity index (χ2v) is 7.52. The number of ether oxygens (including phenoxy) is 2. The lowest BCUT2D eigenvalue weighted by molar-refractivity contribution is -0.127. The summed E-state index contributed by atoms with van der Waals surface area (Å²) in [5.74, 6) is 0.883. The number of carbonyl (C=O) groups excluding carboxylic acids is 2. The van der Waals surface area contributed by atoms with E-state index in [1.807, 2.05) is 17.5 Å². The van der Waals surface area contributed by atoms with Crippen molar-refractivity contribution in [1.29, 1.82) is 0 Å². The van der Waals surface area contributed by atoms with Crippen molar-refractivity contribution >= 4 is 40.8 Å². The van der Waals surface area contributed by atoms with Crippen LogP contribution in [0.4, 0.5) is 0 Å². The van der Waals surface area contributed by atoms with E-state index in [4.69, 9.17) is 21.1 Å². The van der Waals surface area contributed by atoms with Gasteiger partial charge in [-0.05, 0) is 35.2 Å². The molecule has 0 spiro atoms. The maximum Gasteiger partial charge on any atom is 0.264 e. The van der Waals surface area contributed by atoms with E-state index in [1.54, 1.807) is 28.0 Å². The topological polar surface area (TPSA) is 59.1 Å². The summed E-state index contributed by atoms with van der Waals surface area (Å²) in [6, 6.07) is 7.15. The van der Waals surface area contributed by atoms with Gasteiger partial charge in [0.05, 0.1) is 24.1 Å². The Kier molecular flexibility index (Phi) is 6.59. The second-order valence-electron chi connectivity index (χ2n) is 6.17. The van der Waals surface area contributed by atoms with Crippen molar-refractivity contribution in [2.24, 2.45) is 0 Å². The van der Waals surface area contributed by atoms with Gasteiger partial charge in [-0.15, -0.1) is 11.3 Å². The van der Waals surface area contributed by atoms with Crippen molar-refractivity contribution < 1.29 is 19.1 Å². The summed E-state index contributed by atoms with van der Waals surface area (Å²) >= 11 is 7.63. The number of nitrogens with zero attached hydrogens (tertiary/aromatic N) is 2. The average molecular weight is 421 g/mol. The van der Waals surface area contributed by atoms with Gasteiger partial charge in [0.2, 0.25) is 5.91 Å². The van der Waals surface area contributed by atoms with Gasteiger partial charge in [-0.2, -0.15) is 0 Å². The third kappa shape index (κ3) is 4.48. The Balaban J connectivity index is 1.60. The number of thiophene rings is 1. The Morgan fingerprint density at radius 1 is 1.11 bits per heavy atom. The monoisotopic (exact) mass is 420 g/mol. The van der Waals surface area contributed by atoms with E-state index in [2.05, 4.69) is 0 Å². The second kappa shape index (κ2) is 9.12. The SMILES string of the molecule is COc1cc(/C=C/C(=O)N2CCN(C(=O)c3cccs3)CC2)cc(Cl)c1OC. The molecular formula is C20H21ClN2O4S. The molecule has 28 heavy (non-hydrogen) atoms. The fraction of sp³-hybridized carbons (Fsp3) is 0.300. The quantitative estimate of drug-likeness (QED) is 0.695. The van der Waals surface area contributed by atoms with Gasteiger partial charge in [-0.3, -0.25) is 9.59 Å². The molecule has 1 aliphatic heterocycles. The minimum atomic E-state index is -0.103. The van der Waals surface area contributed by atoms with Gasteiger partial charge in [-0.1, -0.05) is 17.7 Å². The van der Waals surface area contributed by atoms with Gasteiger partial charge in [0.25, 0.3) is 5.91 Å². The summed E-state index contributed by atoms with van der Waals surface area (Å²) in [6.45, 7) is 2.07. The van der Waals surface area contributed by atoms with Gasteiger partial charge in [0.15, 0.2) is 11.5 Å². The van der Waals surface area contributed by atoms with Crippen LogP contribution in [-0.2, 0) is 4.79 Å². The first-order valence-electron chi connectivity index (χ1n) is 8.74. The fourth-order valence-corrected chi connectivity index (χ4v) is 3.98. The molecule has 6 nitrogen and oxygen atoms in total. The van der Waals surface area contributed by atoms with Crippen LogP contribution in [0, 0.1) is 0 Å². The van der Waals surface area contributed by atoms with Crippen LogP contribution in [0.15, 0.2) is 35.7 Å². The fourth-order valence-electron chi connectivity index (χ4n) is 2.99. The molecule has 1 aromatic carbocycles. The van der Waals surface area contributed by atoms with Crippen LogP contribution in [-0.4, -0.2) is 62.0 Å². The molecule has 3 rings (SSSR count). The molecule has 1 saturated heterocycles. The largest absolute Gasteiger partial charge is 0.493 e. The van der Waals surface area contributed by atoms with Crippen molar-refractivity contribution in [1.82, 2.24) is 9.80 Å². The van der Waals surface area contributed by atoms with Gasteiger partial charge < -0.3 is 19.3 Å². The zero-order chi connectivity index (χ0) is 20.1. The predicted molar refractivity (Wildman–Crippen MR) is 110 cm³/mol. The number of halogens is 1. The maximum absolute atomic E-state index is 12.5. The minimum absolute atomic E-state index is 0.0256. The highest BCUT2D eigenvalue weighted by Crippen LogP contribution is 2.36. The summed E-state index contributed by atoms with van der Waals surface area (Å²) in [5.41, 5.74) is 0.738. The molecule has 0 atom stereocenters. The molecule has 0 saturated carbocycles. The Morgan fingerprint density at radius 2 is 1.82 bits per heavy atom. The normalized spacial score (nSPS) is 14.4. The first-order chi connectivity index (χ1) is 13.5. The van der Waals surface area contributed by atoms with Crippen molar-refractivity contribution in [3.63, 3.8) is 0 Å². The highest BCUT2D eigenvalue weighted by atomic mass is 35.5. The van der Waals surface area contributed by atoms with Gasteiger partial charge >= 0.3 is 0 Å². The molecular weight excluding hydrogens is 400 g/mol. The average Bonchev–Trinajstić information content (AvgIpc) is 3.26. The number of benzene rings is 1. The lowest BCUT2D eigenvalue weighted by Gasteiger charge is -2.34. The van der Waals surface area contributed by atoms with E-state index in [9.17, 15) is 9.59 Å². The highest BCUT2D eigenvalue weighted by molar-refractivity contribution is 7.12. The molecule has 0 N–H and O–H groups in total. The molecule has 0 aliphatic carbocycles. The molecule has 0 unspecified atom stereocenters. The summed E-state index contributed by atoms with van der Waals surface area (Å²) in [5, 5.41) is 2.30. The molecule has 2 heterocycles. The first-order valence-corrected chi connectivity index (χ1v) is 10.0. The Morgan fingerprint density at radius 3 is 2.43 bits per heavy atom. The summed E-state index contributed by atoms with van der Waals surface area (Å²) in [6.07, 6.45) is 3.20. The van der Waals surface area contributed by atoms with Crippen LogP contribution < -0.4 is 9.47 Å². The first kappa shape index (κ1) is 20.2. The molecule has 2 amide bonds. The summed E-state index contributed by atoms with van der Waals surface area (Å²) in [4.78, 5) is 29.1. The zero-order valence-corrected chi connectivity index (χ0v) is 17.3. The summed E-state index contributed by atoms with van der Waals surface area (Å²) in [7, 11) is 3.05. The predicted octanol–water partition coefficient (Wildman–Crippen LogP) is 3.42. The molecule has 1 aromatic heterocycles. The Labute approximate surface area is 172 Å². The van der Waals surface area contributed by atoms with Crippen LogP contribution >= 0.6 is 22.9 Å². The van der Waals surface area contributed by atoms with E-state index in [0.29, 0.717) is 42.7 Å². The van der Waals surface area contributed by atoms with Gasteiger partial charge in [0, 0.05) is 32.3 Å². The molecule has 2 aromatic rings.